The minimum atomic E-state index is 1.06. The molecule has 0 bridgehead atoms. The first kappa shape index (κ1) is 9.27. The Balaban J connectivity index is 2.60. The molecular weight excluding hydrogens is 132 g/mol. The first-order chi connectivity index (χ1) is 4.41. The maximum absolute atomic E-state index is 3.12. The largest absolute Gasteiger partial charge is 0.258 e. The van der Waals surface area contributed by atoms with Gasteiger partial charge in [-0.25, -0.2) is 0 Å². The van der Waals surface area contributed by atoms with Gasteiger partial charge in [-0.05, 0) is 12.7 Å². The van der Waals surface area contributed by atoms with Gasteiger partial charge in [0.25, 0.3) is 0 Å². The van der Waals surface area contributed by atoms with Gasteiger partial charge in [0.1, 0.15) is 0 Å². The van der Waals surface area contributed by atoms with E-state index in [-0.39, 0.29) is 0 Å². The monoisotopic (exact) mass is 148 g/mol. The molecule has 0 radical (unpaired) electrons. The highest BCUT2D eigenvalue weighted by molar-refractivity contribution is 7.98. The van der Waals surface area contributed by atoms with E-state index in [0.29, 0.717) is 0 Å². The van der Waals surface area contributed by atoms with E-state index in [4.69, 9.17) is 0 Å². The third-order valence-electron chi connectivity index (χ3n) is 0.931. The molecule has 0 heterocycles. The summed E-state index contributed by atoms with van der Waals surface area (Å²) in [7, 11) is 0. The van der Waals surface area contributed by atoms with Gasteiger partial charge in [-0.15, -0.1) is 0 Å². The molecule has 0 atom stereocenters. The van der Waals surface area contributed by atoms with Crippen LogP contribution in [0.3, 0.4) is 0 Å². The van der Waals surface area contributed by atoms with Gasteiger partial charge in [0.15, 0.2) is 0 Å². The molecule has 0 aliphatic carbocycles. The summed E-state index contributed by atoms with van der Waals surface area (Å²) in [5.41, 5.74) is 6.22. The second-order valence-electron chi connectivity index (χ2n) is 1.85. The molecule has 0 unspecified atom stereocenters. The topological polar surface area (TPSA) is 24.1 Å². The summed E-state index contributed by atoms with van der Waals surface area (Å²) in [5, 5.41) is 0. The number of hydrogen-bond acceptors (Lipinski definition) is 3. The lowest BCUT2D eigenvalue weighted by molar-refractivity contribution is 0.550. The Morgan fingerprint density at radius 1 is 1.22 bits per heavy atom. The fourth-order valence-corrected chi connectivity index (χ4v) is 0.761. The molecule has 2 N–H and O–H groups in total. The van der Waals surface area contributed by atoms with E-state index in [1.807, 2.05) is 11.8 Å². The van der Waals surface area contributed by atoms with Gasteiger partial charge >= 0.3 is 0 Å². The molecule has 0 fully saturated rings. The molecule has 0 aromatic heterocycles. The van der Waals surface area contributed by atoms with E-state index < -0.39 is 0 Å². The average molecular weight is 148 g/mol. The predicted octanol–water partition coefficient (Wildman–Crippen LogP) is 0.854. The molecule has 3 heteroatoms. The van der Waals surface area contributed by atoms with E-state index >= 15 is 0 Å². The van der Waals surface area contributed by atoms with Gasteiger partial charge in [0.05, 0.1) is 0 Å². The molecular formula is C6H16N2S. The van der Waals surface area contributed by atoms with Gasteiger partial charge in [0.2, 0.25) is 0 Å². The summed E-state index contributed by atoms with van der Waals surface area (Å²) < 4.78 is 0. The normalized spacial score (nSPS) is 10.0. The molecule has 0 aromatic rings. The van der Waals surface area contributed by atoms with Crippen LogP contribution in [0.5, 0.6) is 0 Å². The van der Waals surface area contributed by atoms with Gasteiger partial charge in [-0.3, -0.25) is 10.9 Å². The average Bonchev–Trinajstić information content (AvgIpc) is 1.89. The highest BCUT2D eigenvalue weighted by atomic mass is 32.2. The van der Waals surface area contributed by atoms with Gasteiger partial charge in [-0.2, -0.15) is 11.8 Å². The van der Waals surface area contributed by atoms with Crippen LogP contribution in [-0.2, 0) is 0 Å². The van der Waals surface area contributed by atoms with Gasteiger partial charge in [0, 0.05) is 18.8 Å². The van der Waals surface area contributed by atoms with Crippen LogP contribution in [0.2, 0.25) is 0 Å². The van der Waals surface area contributed by atoms with Crippen molar-refractivity contribution < 1.29 is 0 Å². The minimum Gasteiger partial charge on any atom is -0.258 e. The van der Waals surface area contributed by atoms with Crippen LogP contribution in [0, 0.1) is 0 Å². The highest BCUT2D eigenvalue weighted by Crippen LogP contribution is 1.85. The first-order valence-electron chi connectivity index (χ1n) is 3.36. The SMILES string of the molecule is CCCNNCCSC. The van der Waals surface area contributed by atoms with Crippen molar-refractivity contribution >= 4 is 11.8 Å². The Labute approximate surface area is 61.8 Å². The van der Waals surface area contributed by atoms with Crippen molar-refractivity contribution in [3.63, 3.8) is 0 Å². The zero-order valence-electron chi connectivity index (χ0n) is 6.24. The maximum Gasteiger partial charge on any atom is 0.0191 e. The van der Waals surface area contributed by atoms with Crippen molar-refractivity contribution in [2.45, 2.75) is 13.3 Å². The number of thioether (sulfide) groups is 1. The Kier molecular flexibility index (Phi) is 8.52. The summed E-state index contributed by atoms with van der Waals surface area (Å²) in [4.78, 5) is 0. The predicted molar refractivity (Wildman–Crippen MR) is 44.7 cm³/mol. The summed E-state index contributed by atoms with van der Waals surface area (Å²) in [6.45, 7) is 4.28. The lowest BCUT2D eigenvalue weighted by Crippen LogP contribution is -2.33. The zero-order chi connectivity index (χ0) is 6.95. The minimum absolute atomic E-state index is 1.06. The molecule has 0 rings (SSSR count). The van der Waals surface area contributed by atoms with E-state index in [9.17, 15) is 0 Å². The van der Waals surface area contributed by atoms with Crippen LogP contribution in [0.15, 0.2) is 0 Å². The van der Waals surface area contributed by atoms with Crippen molar-refractivity contribution in [1.29, 1.82) is 0 Å². The van der Waals surface area contributed by atoms with Gasteiger partial charge < -0.3 is 0 Å². The van der Waals surface area contributed by atoms with E-state index in [2.05, 4.69) is 24.0 Å². The van der Waals surface area contributed by atoms with Crippen LogP contribution in [0.1, 0.15) is 13.3 Å². The molecule has 0 spiro atoms. The molecule has 0 aliphatic heterocycles. The van der Waals surface area contributed by atoms with Gasteiger partial charge in [-0.1, -0.05) is 6.92 Å². The smallest absolute Gasteiger partial charge is 0.0191 e. The van der Waals surface area contributed by atoms with E-state index in [1.165, 1.54) is 12.2 Å². The third-order valence-corrected chi connectivity index (χ3v) is 1.54. The lowest BCUT2D eigenvalue weighted by Gasteiger charge is -2.02. The Hall–Kier alpha value is 0.270. The summed E-state index contributed by atoms with van der Waals surface area (Å²) in [5.74, 6) is 1.18. The van der Waals surface area contributed by atoms with Crippen LogP contribution >= 0.6 is 11.8 Å². The fourth-order valence-electron chi connectivity index (χ4n) is 0.455. The van der Waals surface area contributed by atoms with Crippen LogP contribution in [-0.4, -0.2) is 25.1 Å². The van der Waals surface area contributed by atoms with Crippen molar-refractivity contribution in [3.05, 3.63) is 0 Å². The number of hydrazine groups is 1. The standard InChI is InChI=1S/C6H16N2S/c1-3-4-7-8-5-6-9-2/h7-8H,3-6H2,1-2H3. The van der Waals surface area contributed by atoms with Crippen molar-refractivity contribution in [3.8, 4) is 0 Å². The van der Waals surface area contributed by atoms with Crippen molar-refractivity contribution in [1.82, 2.24) is 10.9 Å². The molecule has 2 nitrogen and oxygen atoms in total. The summed E-state index contributed by atoms with van der Waals surface area (Å²) in [6.07, 6.45) is 3.30. The second kappa shape index (κ2) is 8.27. The Morgan fingerprint density at radius 2 is 1.89 bits per heavy atom. The maximum atomic E-state index is 3.12. The highest BCUT2D eigenvalue weighted by Gasteiger charge is 1.81. The van der Waals surface area contributed by atoms with E-state index in [1.54, 1.807) is 0 Å². The molecule has 56 valence electrons. The molecule has 0 saturated carbocycles. The van der Waals surface area contributed by atoms with Crippen LogP contribution in [0.4, 0.5) is 0 Å². The quantitative estimate of drug-likeness (QED) is 0.431. The second-order valence-corrected chi connectivity index (χ2v) is 2.83. The molecule has 0 saturated heterocycles. The van der Waals surface area contributed by atoms with E-state index in [0.717, 1.165) is 13.1 Å². The molecule has 0 aliphatic rings. The van der Waals surface area contributed by atoms with Crippen molar-refractivity contribution in [2.75, 3.05) is 25.1 Å². The molecule has 0 aromatic carbocycles. The van der Waals surface area contributed by atoms with Crippen LogP contribution in [0.25, 0.3) is 0 Å². The number of hydrogen-bond donors (Lipinski definition) is 2. The Bertz CT molecular complexity index is 44.3. The lowest BCUT2D eigenvalue weighted by atomic mass is 10.5. The number of nitrogens with one attached hydrogen (secondary N) is 2. The number of rotatable bonds is 6. The molecule has 0 amide bonds. The molecule has 9 heavy (non-hydrogen) atoms. The van der Waals surface area contributed by atoms with Crippen LogP contribution < -0.4 is 10.9 Å². The summed E-state index contributed by atoms with van der Waals surface area (Å²) in [6, 6.07) is 0. The van der Waals surface area contributed by atoms with Crippen molar-refractivity contribution in [2.24, 2.45) is 0 Å². The third kappa shape index (κ3) is 8.27. The summed E-state index contributed by atoms with van der Waals surface area (Å²) >= 11 is 1.86. The Morgan fingerprint density at radius 3 is 2.44 bits per heavy atom. The fraction of sp³-hybridized carbons (Fsp3) is 1.00. The first-order valence-corrected chi connectivity index (χ1v) is 4.75. The zero-order valence-corrected chi connectivity index (χ0v) is 7.05.